The quantitative estimate of drug-likeness (QED) is 0.934. The molecular formula is C16H18ClNO2. The van der Waals surface area contributed by atoms with E-state index in [0.717, 1.165) is 16.7 Å². The Morgan fingerprint density at radius 3 is 2.20 bits per heavy atom. The predicted octanol–water partition coefficient (Wildman–Crippen LogP) is 3.71. The molecule has 0 aliphatic carbocycles. The van der Waals surface area contributed by atoms with Crippen LogP contribution in [-0.2, 0) is 0 Å². The van der Waals surface area contributed by atoms with Crippen LogP contribution >= 0.6 is 11.6 Å². The van der Waals surface area contributed by atoms with E-state index in [2.05, 4.69) is 0 Å². The molecule has 2 rings (SSSR count). The number of aryl methyl sites for hydroxylation is 1. The number of halogens is 1. The van der Waals surface area contributed by atoms with Gasteiger partial charge in [-0.3, -0.25) is 0 Å². The number of ether oxygens (including phenoxy) is 2. The lowest BCUT2D eigenvalue weighted by atomic mass is 9.95. The molecule has 0 bridgehead atoms. The van der Waals surface area contributed by atoms with Crippen molar-refractivity contribution in [1.82, 2.24) is 0 Å². The summed E-state index contributed by atoms with van der Waals surface area (Å²) in [5, 5.41) is 0.661. The molecule has 3 nitrogen and oxygen atoms in total. The van der Waals surface area contributed by atoms with Crippen molar-refractivity contribution in [3.63, 3.8) is 0 Å². The topological polar surface area (TPSA) is 44.5 Å². The van der Waals surface area contributed by atoms with Crippen LogP contribution in [0.4, 0.5) is 0 Å². The monoisotopic (exact) mass is 291 g/mol. The lowest BCUT2D eigenvalue weighted by Crippen LogP contribution is -2.14. The van der Waals surface area contributed by atoms with Gasteiger partial charge in [-0.2, -0.15) is 0 Å². The lowest BCUT2D eigenvalue weighted by Gasteiger charge is -2.19. The van der Waals surface area contributed by atoms with Gasteiger partial charge in [-0.15, -0.1) is 0 Å². The average molecular weight is 292 g/mol. The van der Waals surface area contributed by atoms with Crippen LogP contribution in [0.25, 0.3) is 0 Å². The van der Waals surface area contributed by atoms with Gasteiger partial charge in [0.05, 0.1) is 20.3 Å². The van der Waals surface area contributed by atoms with Crippen molar-refractivity contribution in [3.05, 3.63) is 58.1 Å². The summed E-state index contributed by atoms with van der Waals surface area (Å²) >= 11 is 6.22. The molecule has 0 amide bonds. The Labute approximate surface area is 124 Å². The summed E-state index contributed by atoms with van der Waals surface area (Å²) in [6, 6.07) is 11.1. The smallest absolute Gasteiger partial charge is 0.161 e. The van der Waals surface area contributed by atoms with Gasteiger partial charge in [-0.05, 0) is 41.8 Å². The van der Waals surface area contributed by atoms with Crippen LogP contribution in [0.3, 0.4) is 0 Å². The molecule has 4 heteroatoms. The first kappa shape index (κ1) is 14.7. The number of methoxy groups -OCH3 is 2. The predicted molar refractivity (Wildman–Crippen MR) is 81.8 cm³/mol. The van der Waals surface area contributed by atoms with Crippen molar-refractivity contribution in [2.45, 2.75) is 13.0 Å². The van der Waals surface area contributed by atoms with Gasteiger partial charge in [0.25, 0.3) is 0 Å². The maximum atomic E-state index is 6.35. The fourth-order valence-corrected chi connectivity index (χ4v) is 2.48. The largest absolute Gasteiger partial charge is 0.493 e. The van der Waals surface area contributed by atoms with Crippen molar-refractivity contribution < 1.29 is 9.47 Å². The first-order chi connectivity index (χ1) is 9.58. The zero-order valence-corrected chi connectivity index (χ0v) is 12.6. The van der Waals surface area contributed by atoms with E-state index in [1.165, 1.54) is 0 Å². The molecule has 20 heavy (non-hydrogen) atoms. The van der Waals surface area contributed by atoms with Gasteiger partial charge < -0.3 is 15.2 Å². The zero-order chi connectivity index (χ0) is 14.7. The van der Waals surface area contributed by atoms with E-state index in [4.69, 9.17) is 26.8 Å². The summed E-state index contributed by atoms with van der Waals surface area (Å²) in [6.07, 6.45) is 0. The fourth-order valence-electron chi connectivity index (χ4n) is 2.23. The van der Waals surface area contributed by atoms with E-state index in [0.29, 0.717) is 16.5 Å². The maximum Gasteiger partial charge on any atom is 0.161 e. The van der Waals surface area contributed by atoms with Crippen LogP contribution in [-0.4, -0.2) is 14.2 Å². The normalized spacial score (nSPS) is 12.1. The molecule has 0 aliphatic rings. The minimum Gasteiger partial charge on any atom is -0.493 e. The number of hydrogen-bond acceptors (Lipinski definition) is 3. The summed E-state index contributed by atoms with van der Waals surface area (Å²) in [5.41, 5.74) is 9.25. The van der Waals surface area contributed by atoms with Crippen LogP contribution in [0.15, 0.2) is 36.4 Å². The van der Waals surface area contributed by atoms with E-state index in [1.807, 2.05) is 43.3 Å². The Morgan fingerprint density at radius 2 is 1.60 bits per heavy atom. The van der Waals surface area contributed by atoms with Gasteiger partial charge in [-0.25, -0.2) is 0 Å². The standard InChI is InChI=1S/C16H18ClNO2/c1-10-8-14(19-2)15(20-3)9-12(10)16(18)11-6-4-5-7-13(11)17/h4-9,16H,18H2,1-3H3. The summed E-state index contributed by atoms with van der Waals surface area (Å²) in [5.74, 6) is 1.36. The summed E-state index contributed by atoms with van der Waals surface area (Å²) < 4.78 is 10.6. The van der Waals surface area contributed by atoms with Crippen LogP contribution in [0.5, 0.6) is 11.5 Å². The highest BCUT2D eigenvalue weighted by Gasteiger charge is 2.17. The summed E-state index contributed by atoms with van der Waals surface area (Å²) in [6.45, 7) is 1.99. The fraction of sp³-hybridized carbons (Fsp3) is 0.250. The molecule has 106 valence electrons. The van der Waals surface area contributed by atoms with E-state index in [1.54, 1.807) is 14.2 Å². The van der Waals surface area contributed by atoms with Crippen LogP contribution in [0.2, 0.25) is 5.02 Å². The lowest BCUT2D eigenvalue weighted by molar-refractivity contribution is 0.354. The molecule has 2 aromatic rings. The molecule has 1 atom stereocenters. The number of hydrogen-bond donors (Lipinski definition) is 1. The molecule has 0 aromatic heterocycles. The Bertz CT molecular complexity index is 613. The molecule has 0 aliphatic heterocycles. The number of rotatable bonds is 4. The van der Waals surface area contributed by atoms with Crippen molar-refractivity contribution in [1.29, 1.82) is 0 Å². The van der Waals surface area contributed by atoms with Gasteiger partial charge in [0.15, 0.2) is 11.5 Å². The SMILES string of the molecule is COc1cc(C)c(C(N)c2ccccc2Cl)cc1OC. The molecular weight excluding hydrogens is 274 g/mol. The molecule has 2 N–H and O–H groups in total. The highest BCUT2D eigenvalue weighted by Crippen LogP contribution is 2.35. The Hall–Kier alpha value is -1.71. The number of nitrogens with two attached hydrogens (primary N) is 1. The molecule has 1 unspecified atom stereocenters. The third kappa shape index (κ3) is 2.74. The third-order valence-corrected chi connectivity index (χ3v) is 3.69. The maximum absolute atomic E-state index is 6.35. The van der Waals surface area contributed by atoms with E-state index in [9.17, 15) is 0 Å². The Balaban J connectivity index is 2.50. The molecule has 0 spiro atoms. The van der Waals surface area contributed by atoms with E-state index < -0.39 is 0 Å². The van der Waals surface area contributed by atoms with Crippen LogP contribution in [0.1, 0.15) is 22.7 Å². The van der Waals surface area contributed by atoms with Gasteiger partial charge in [0, 0.05) is 5.02 Å². The van der Waals surface area contributed by atoms with E-state index >= 15 is 0 Å². The van der Waals surface area contributed by atoms with Crippen molar-refractivity contribution in [3.8, 4) is 11.5 Å². The molecule has 2 aromatic carbocycles. The summed E-state index contributed by atoms with van der Waals surface area (Å²) in [4.78, 5) is 0. The molecule has 0 fully saturated rings. The minimum absolute atomic E-state index is 0.302. The first-order valence-electron chi connectivity index (χ1n) is 6.31. The second kappa shape index (κ2) is 6.16. The zero-order valence-electron chi connectivity index (χ0n) is 11.8. The molecule has 0 saturated heterocycles. The van der Waals surface area contributed by atoms with Crippen molar-refractivity contribution in [2.24, 2.45) is 5.73 Å². The van der Waals surface area contributed by atoms with Crippen LogP contribution < -0.4 is 15.2 Å². The van der Waals surface area contributed by atoms with Gasteiger partial charge in [0.1, 0.15) is 0 Å². The Kier molecular flexibility index (Phi) is 4.53. The van der Waals surface area contributed by atoms with Crippen molar-refractivity contribution >= 4 is 11.6 Å². The Morgan fingerprint density at radius 1 is 1.00 bits per heavy atom. The van der Waals surface area contributed by atoms with Gasteiger partial charge >= 0.3 is 0 Å². The molecule has 0 heterocycles. The van der Waals surface area contributed by atoms with Crippen LogP contribution in [0, 0.1) is 6.92 Å². The summed E-state index contributed by atoms with van der Waals surface area (Å²) in [7, 11) is 3.23. The minimum atomic E-state index is -0.302. The highest BCUT2D eigenvalue weighted by atomic mass is 35.5. The first-order valence-corrected chi connectivity index (χ1v) is 6.68. The molecule has 0 radical (unpaired) electrons. The number of benzene rings is 2. The second-order valence-electron chi connectivity index (χ2n) is 4.56. The second-order valence-corrected chi connectivity index (χ2v) is 4.97. The van der Waals surface area contributed by atoms with Crippen molar-refractivity contribution in [2.75, 3.05) is 14.2 Å². The van der Waals surface area contributed by atoms with Gasteiger partial charge in [0.2, 0.25) is 0 Å². The van der Waals surface area contributed by atoms with Gasteiger partial charge in [-0.1, -0.05) is 29.8 Å². The average Bonchev–Trinajstić information content (AvgIpc) is 2.46. The third-order valence-electron chi connectivity index (χ3n) is 3.35. The van der Waals surface area contributed by atoms with E-state index in [-0.39, 0.29) is 6.04 Å². The molecule has 0 saturated carbocycles. The highest BCUT2D eigenvalue weighted by molar-refractivity contribution is 6.31.